The van der Waals surface area contributed by atoms with Gasteiger partial charge in [0.25, 0.3) is 0 Å². The molecule has 1 atom stereocenters. The molecular formula is C21H22FN3O2S. The van der Waals surface area contributed by atoms with E-state index in [2.05, 4.69) is 23.8 Å². The fourth-order valence-electron chi connectivity index (χ4n) is 2.78. The van der Waals surface area contributed by atoms with Gasteiger partial charge in [-0.2, -0.15) is 0 Å². The molecule has 0 aliphatic rings. The van der Waals surface area contributed by atoms with E-state index >= 15 is 0 Å². The molecule has 0 saturated carbocycles. The van der Waals surface area contributed by atoms with Gasteiger partial charge in [0.2, 0.25) is 0 Å². The highest BCUT2D eigenvalue weighted by atomic mass is 32.2. The van der Waals surface area contributed by atoms with Gasteiger partial charge in [0.15, 0.2) is 6.10 Å². The number of nitrogens with one attached hydrogen (secondary N) is 1. The summed E-state index contributed by atoms with van der Waals surface area (Å²) < 4.78 is 19.1. The predicted molar refractivity (Wildman–Crippen MR) is 106 cm³/mol. The molecule has 5 nitrogen and oxygen atoms in total. The first-order valence-corrected chi connectivity index (χ1v) is 9.83. The van der Waals surface area contributed by atoms with E-state index in [4.69, 9.17) is 9.72 Å². The molecule has 0 saturated heterocycles. The molecule has 0 bridgehead atoms. The van der Waals surface area contributed by atoms with Gasteiger partial charge < -0.3 is 9.72 Å². The Hall–Kier alpha value is -2.67. The van der Waals surface area contributed by atoms with Gasteiger partial charge in [-0.3, -0.25) is 9.78 Å². The van der Waals surface area contributed by atoms with E-state index < -0.39 is 6.10 Å². The molecule has 7 heteroatoms. The van der Waals surface area contributed by atoms with Gasteiger partial charge in [0, 0.05) is 30.6 Å². The molecular weight excluding hydrogens is 377 g/mol. The fraction of sp³-hybridized carbons (Fsp3) is 0.286. The number of halogens is 1. The second kappa shape index (κ2) is 9.01. The van der Waals surface area contributed by atoms with Crippen LogP contribution in [0.3, 0.4) is 0 Å². The van der Waals surface area contributed by atoms with Crippen LogP contribution in [-0.2, 0) is 16.0 Å². The molecule has 2 heterocycles. The second-order valence-corrected chi connectivity index (χ2v) is 7.77. The topological polar surface area (TPSA) is 67.9 Å². The maximum atomic E-state index is 13.5. The molecule has 0 fully saturated rings. The van der Waals surface area contributed by atoms with Crippen molar-refractivity contribution in [2.45, 2.75) is 49.1 Å². The van der Waals surface area contributed by atoms with Crippen molar-refractivity contribution in [3.63, 3.8) is 0 Å². The van der Waals surface area contributed by atoms with Gasteiger partial charge in [0.05, 0.1) is 5.69 Å². The normalized spacial score (nSPS) is 12.2. The Bertz CT molecular complexity index is 944. The lowest BCUT2D eigenvalue weighted by atomic mass is 10.1. The third-order valence-electron chi connectivity index (χ3n) is 4.09. The summed E-state index contributed by atoms with van der Waals surface area (Å²) in [6, 6.07) is 10.2. The number of pyridine rings is 1. The Kier molecular flexibility index (Phi) is 6.46. The third-order valence-corrected chi connectivity index (χ3v) is 5.08. The standard InChI is InChI=1S/C21H22FN3O2S/c1-13(2)19-21(28-17-6-4-5-16(22)12-17)25-20(24-19)18(27-14(3)26)11-15-7-9-23-10-8-15/h4-10,12-13,18H,11H2,1-3H3,(H,24,25). The van der Waals surface area contributed by atoms with Crippen molar-refractivity contribution in [2.75, 3.05) is 0 Å². The van der Waals surface area contributed by atoms with Crippen LogP contribution in [0.2, 0.25) is 0 Å². The average Bonchev–Trinajstić information content (AvgIpc) is 3.06. The van der Waals surface area contributed by atoms with E-state index in [1.54, 1.807) is 18.5 Å². The van der Waals surface area contributed by atoms with E-state index in [0.29, 0.717) is 12.2 Å². The molecule has 146 valence electrons. The molecule has 2 aromatic heterocycles. The summed E-state index contributed by atoms with van der Waals surface area (Å²) in [6.45, 7) is 5.49. The first-order valence-electron chi connectivity index (χ1n) is 9.01. The molecule has 3 aromatic rings. The van der Waals surface area contributed by atoms with Crippen LogP contribution in [0.15, 0.2) is 58.7 Å². The molecule has 0 amide bonds. The van der Waals surface area contributed by atoms with E-state index in [1.165, 1.54) is 30.8 Å². The number of nitrogens with zero attached hydrogens (tertiary/aromatic N) is 2. The average molecular weight is 399 g/mol. The molecule has 0 aliphatic carbocycles. The number of carbonyl (C=O) groups is 1. The Morgan fingerprint density at radius 1 is 1.25 bits per heavy atom. The predicted octanol–water partition coefficient (Wildman–Crippen LogP) is 5.07. The van der Waals surface area contributed by atoms with Crippen molar-refractivity contribution in [1.82, 2.24) is 15.0 Å². The lowest BCUT2D eigenvalue weighted by Gasteiger charge is -2.15. The van der Waals surface area contributed by atoms with Crippen LogP contribution in [0.4, 0.5) is 4.39 Å². The highest BCUT2D eigenvalue weighted by Gasteiger charge is 2.23. The van der Waals surface area contributed by atoms with E-state index in [-0.39, 0.29) is 17.7 Å². The molecule has 3 rings (SSSR count). The Morgan fingerprint density at radius 2 is 2.00 bits per heavy atom. The minimum Gasteiger partial charge on any atom is -0.454 e. The van der Waals surface area contributed by atoms with Crippen molar-refractivity contribution in [3.8, 4) is 0 Å². The molecule has 1 aromatic carbocycles. The molecule has 1 unspecified atom stereocenters. The van der Waals surface area contributed by atoms with Crippen LogP contribution >= 0.6 is 11.8 Å². The number of hydrogen-bond acceptors (Lipinski definition) is 5. The minimum absolute atomic E-state index is 0.177. The van der Waals surface area contributed by atoms with Crippen LogP contribution in [0.5, 0.6) is 0 Å². The summed E-state index contributed by atoms with van der Waals surface area (Å²) in [4.78, 5) is 24.4. The highest BCUT2D eigenvalue weighted by molar-refractivity contribution is 7.99. The van der Waals surface area contributed by atoms with Gasteiger partial charge in [-0.1, -0.05) is 31.7 Å². The number of esters is 1. The van der Waals surface area contributed by atoms with Crippen molar-refractivity contribution < 1.29 is 13.9 Å². The third kappa shape index (κ3) is 5.19. The number of H-pyrrole nitrogens is 1. The van der Waals surface area contributed by atoms with Crippen LogP contribution in [0, 0.1) is 5.82 Å². The van der Waals surface area contributed by atoms with Crippen LogP contribution in [0.25, 0.3) is 0 Å². The molecule has 0 aliphatic heterocycles. The van der Waals surface area contributed by atoms with Crippen molar-refractivity contribution in [2.24, 2.45) is 0 Å². The van der Waals surface area contributed by atoms with E-state index in [1.807, 2.05) is 18.2 Å². The maximum absolute atomic E-state index is 13.5. The number of carbonyl (C=O) groups excluding carboxylic acids is 1. The van der Waals surface area contributed by atoms with E-state index in [9.17, 15) is 9.18 Å². The Morgan fingerprint density at radius 3 is 2.64 bits per heavy atom. The maximum Gasteiger partial charge on any atom is 0.303 e. The quantitative estimate of drug-likeness (QED) is 0.562. The zero-order valence-electron chi connectivity index (χ0n) is 16.0. The van der Waals surface area contributed by atoms with Gasteiger partial charge in [-0.05, 0) is 41.8 Å². The Labute approximate surface area is 167 Å². The number of hydrogen-bond donors (Lipinski definition) is 1. The smallest absolute Gasteiger partial charge is 0.303 e. The van der Waals surface area contributed by atoms with E-state index in [0.717, 1.165) is 21.2 Å². The second-order valence-electron chi connectivity index (χ2n) is 6.71. The largest absolute Gasteiger partial charge is 0.454 e. The Balaban J connectivity index is 1.92. The van der Waals surface area contributed by atoms with Crippen molar-refractivity contribution in [1.29, 1.82) is 0 Å². The number of benzene rings is 1. The van der Waals surface area contributed by atoms with Gasteiger partial charge in [0.1, 0.15) is 16.7 Å². The summed E-state index contributed by atoms with van der Waals surface area (Å²) >= 11 is 1.39. The van der Waals surface area contributed by atoms with Gasteiger partial charge >= 0.3 is 5.97 Å². The summed E-state index contributed by atoms with van der Waals surface area (Å²) in [5.41, 5.74) is 1.92. The van der Waals surface area contributed by atoms with Crippen LogP contribution in [-0.4, -0.2) is 20.9 Å². The molecule has 0 radical (unpaired) electrons. The summed E-state index contributed by atoms with van der Waals surface area (Å²) in [7, 11) is 0. The number of aromatic nitrogens is 3. The first kappa shape index (κ1) is 20.1. The molecule has 28 heavy (non-hydrogen) atoms. The lowest BCUT2D eigenvalue weighted by molar-refractivity contribution is -0.147. The molecule has 0 spiro atoms. The summed E-state index contributed by atoms with van der Waals surface area (Å²) in [5.74, 6) is 0.0917. The van der Waals surface area contributed by atoms with Crippen molar-refractivity contribution in [3.05, 3.63) is 71.7 Å². The van der Waals surface area contributed by atoms with Gasteiger partial charge in [-0.15, -0.1) is 0 Å². The lowest BCUT2D eigenvalue weighted by Crippen LogP contribution is -2.13. The summed E-state index contributed by atoms with van der Waals surface area (Å²) in [6.07, 6.45) is 3.34. The number of rotatable bonds is 7. The number of aromatic amines is 1. The first-order chi connectivity index (χ1) is 13.4. The van der Waals surface area contributed by atoms with Crippen LogP contribution in [0.1, 0.15) is 49.9 Å². The minimum atomic E-state index is -0.542. The highest BCUT2D eigenvalue weighted by Crippen LogP contribution is 2.34. The monoisotopic (exact) mass is 399 g/mol. The fourth-order valence-corrected chi connectivity index (χ4v) is 3.86. The van der Waals surface area contributed by atoms with Crippen LogP contribution < -0.4 is 0 Å². The number of ether oxygens (including phenoxy) is 1. The zero-order chi connectivity index (χ0) is 20.1. The van der Waals surface area contributed by atoms with Gasteiger partial charge in [-0.25, -0.2) is 9.37 Å². The summed E-state index contributed by atoms with van der Waals surface area (Å²) in [5, 5.41) is 0.752. The SMILES string of the molecule is CC(=O)OC(Cc1ccncc1)c1nc(Sc2cccc(F)c2)c(C(C)C)[nH]1. The zero-order valence-corrected chi connectivity index (χ0v) is 16.8. The molecule has 1 N–H and O–H groups in total. The van der Waals surface area contributed by atoms with Crippen molar-refractivity contribution >= 4 is 17.7 Å². The number of imidazole rings is 1.